The van der Waals surface area contributed by atoms with Gasteiger partial charge >= 0.3 is 0 Å². The fourth-order valence-electron chi connectivity index (χ4n) is 2.25. The van der Waals surface area contributed by atoms with E-state index in [0.29, 0.717) is 17.0 Å². The lowest BCUT2D eigenvalue weighted by Crippen LogP contribution is -2.22. The van der Waals surface area contributed by atoms with E-state index in [4.69, 9.17) is 11.6 Å². The first-order valence-corrected chi connectivity index (χ1v) is 6.77. The van der Waals surface area contributed by atoms with Crippen molar-refractivity contribution in [3.8, 4) is 0 Å². The van der Waals surface area contributed by atoms with Crippen LogP contribution in [0.5, 0.6) is 0 Å². The number of hydrogen-bond donors (Lipinski definition) is 1. The van der Waals surface area contributed by atoms with Crippen molar-refractivity contribution >= 4 is 11.6 Å². The summed E-state index contributed by atoms with van der Waals surface area (Å²) in [6, 6.07) is 9.60. The van der Waals surface area contributed by atoms with E-state index < -0.39 is 17.7 Å². The number of likely N-dealkylation sites (N-methyl/N-ethyl adjacent to an activating group) is 1. The van der Waals surface area contributed by atoms with E-state index in [1.807, 2.05) is 12.1 Å². The van der Waals surface area contributed by atoms with Crippen molar-refractivity contribution in [3.05, 3.63) is 69.7 Å². The zero-order valence-corrected chi connectivity index (χ0v) is 12.1. The first kappa shape index (κ1) is 14.9. The van der Waals surface area contributed by atoms with Gasteiger partial charge in [-0.25, -0.2) is 8.78 Å². The molecule has 0 aliphatic carbocycles. The van der Waals surface area contributed by atoms with Crippen LogP contribution in [0.2, 0.25) is 5.02 Å². The van der Waals surface area contributed by atoms with Gasteiger partial charge in [-0.15, -0.1) is 0 Å². The lowest BCUT2D eigenvalue weighted by molar-refractivity contribution is 0.486. The highest BCUT2D eigenvalue weighted by molar-refractivity contribution is 6.30. The van der Waals surface area contributed by atoms with Gasteiger partial charge in [-0.1, -0.05) is 29.8 Å². The Balaban J connectivity index is 2.36. The Morgan fingerprint density at radius 1 is 1.20 bits per heavy atom. The minimum absolute atomic E-state index is 0.0764. The van der Waals surface area contributed by atoms with Crippen molar-refractivity contribution in [1.29, 1.82) is 0 Å². The maximum atomic E-state index is 14.2. The van der Waals surface area contributed by atoms with Crippen LogP contribution in [0.4, 0.5) is 8.78 Å². The van der Waals surface area contributed by atoms with Crippen LogP contribution in [0.15, 0.2) is 36.4 Å². The van der Waals surface area contributed by atoms with E-state index in [1.165, 1.54) is 12.1 Å². The molecule has 0 saturated carbocycles. The molecule has 0 amide bonds. The Morgan fingerprint density at radius 3 is 2.60 bits per heavy atom. The van der Waals surface area contributed by atoms with E-state index in [9.17, 15) is 8.78 Å². The molecule has 0 heterocycles. The van der Waals surface area contributed by atoms with E-state index in [1.54, 1.807) is 26.1 Å². The third-order valence-corrected chi connectivity index (χ3v) is 3.58. The molecule has 0 aromatic heterocycles. The van der Waals surface area contributed by atoms with Crippen LogP contribution in [0.1, 0.15) is 22.7 Å². The molecule has 1 N–H and O–H groups in total. The van der Waals surface area contributed by atoms with Gasteiger partial charge in [0.2, 0.25) is 0 Å². The van der Waals surface area contributed by atoms with Crippen LogP contribution in [0, 0.1) is 18.6 Å². The molecule has 2 aromatic rings. The first-order chi connectivity index (χ1) is 9.52. The minimum atomic E-state index is -0.533. The molecule has 106 valence electrons. The molecule has 1 nitrogen and oxygen atoms in total. The predicted molar refractivity (Wildman–Crippen MR) is 78.1 cm³/mol. The molecule has 0 aliphatic heterocycles. The summed E-state index contributed by atoms with van der Waals surface area (Å²) >= 11 is 5.94. The molecule has 0 saturated heterocycles. The summed E-state index contributed by atoms with van der Waals surface area (Å²) in [6.45, 7) is 1.63. The molecular weight excluding hydrogens is 280 g/mol. The number of benzene rings is 2. The van der Waals surface area contributed by atoms with Gasteiger partial charge < -0.3 is 5.32 Å². The second-order valence-corrected chi connectivity index (χ2v) is 5.20. The Kier molecular flexibility index (Phi) is 4.73. The Hall–Kier alpha value is -1.45. The number of halogens is 3. The Labute approximate surface area is 122 Å². The molecule has 1 unspecified atom stereocenters. The van der Waals surface area contributed by atoms with Crippen molar-refractivity contribution < 1.29 is 8.78 Å². The van der Waals surface area contributed by atoms with Crippen molar-refractivity contribution in [3.63, 3.8) is 0 Å². The fraction of sp³-hybridized carbons (Fsp3) is 0.250. The SMILES string of the molecule is CNC(Cc1cccc(Cl)c1)c1c(F)ccc(C)c1F. The average molecular weight is 296 g/mol. The molecule has 0 bridgehead atoms. The van der Waals surface area contributed by atoms with Crippen LogP contribution >= 0.6 is 11.6 Å². The highest BCUT2D eigenvalue weighted by Crippen LogP contribution is 2.26. The van der Waals surface area contributed by atoms with Gasteiger partial charge in [-0.3, -0.25) is 0 Å². The van der Waals surface area contributed by atoms with Gasteiger partial charge in [0.25, 0.3) is 0 Å². The lowest BCUT2D eigenvalue weighted by Gasteiger charge is -2.19. The summed E-state index contributed by atoms with van der Waals surface area (Å²) < 4.78 is 28.1. The van der Waals surface area contributed by atoms with E-state index >= 15 is 0 Å². The Morgan fingerprint density at radius 2 is 1.95 bits per heavy atom. The van der Waals surface area contributed by atoms with E-state index in [2.05, 4.69) is 5.32 Å². The third kappa shape index (κ3) is 3.17. The fourth-order valence-corrected chi connectivity index (χ4v) is 2.46. The molecule has 1 atom stereocenters. The van der Waals surface area contributed by atoms with Crippen LogP contribution in [0.3, 0.4) is 0 Å². The monoisotopic (exact) mass is 295 g/mol. The van der Waals surface area contributed by atoms with Crippen LogP contribution in [-0.4, -0.2) is 7.05 Å². The number of nitrogens with one attached hydrogen (secondary N) is 1. The summed E-state index contributed by atoms with van der Waals surface area (Å²) in [7, 11) is 1.69. The van der Waals surface area contributed by atoms with Crippen molar-refractivity contribution in [2.45, 2.75) is 19.4 Å². The zero-order valence-electron chi connectivity index (χ0n) is 11.4. The molecule has 2 rings (SSSR count). The maximum absolute atomic E-state index is 14.2. The summed E-state index contributed by atoms with van der Waals surface area (Å²) in [6.07, 6.45) is 0.467. The van der Waals surface area contributed by atoms with E-state index in [0.717, 1.165) is 5.56 Å². The summed E-state index contributed by atoms with van der Waals surface area (Å²) in [4.78, 5) is 0. The van der Waals surface area contributed by atoms with Crippen molar-refractivity contribution in [2.75, 3.05) is 7.05 Å². The smallest absolute Gasteiger partial charge is 0.133 e. The predicted octanol–water partition coefficient (Wildman–Crippen LogP) is 4.43. The topological polar surface area (TPSA) is 12.0 Å². The first-order valence-electron chi connectivity index (χ1n) is 6.39. The van der Waals surface area contributed by atoms with Crippen LogP contribution in [-0.2, 0) is 6.42 Å². The van der Waals surface area contributed by atoms with Gasteiger partial charge in [-0.2, -0.15) is 0 Å². The molecule has 20 heavy (non-hydrogen) atoms. The highest BCUT2D eigenvalue weighted by Gasteiger charge is 2.20. The minimum Gasteiger partial charge on any atom is -0.313 e. The third-order valence-electron chi connectivity index (χ3n) is 3.35. The molecule has 2 aromatic carbocycles. The summed E-state index contributed by atoms with van der Waals surface area (Å²) in [5.41, 5.74) is 1.44. The normalized spacial score (nSPS) is 12.4. The zero-order chi connectivity index (χ0) is 14.7. The average Bonchev–Trinajstić information content (AvgIpc) is 2.42. The second kappa shape index (κ2) is 6.33. The summed E-state index contributed by atoms with van der Waals surface area (Å²) in [5.74, 6) is -1.03. The lowest BCUT2D eigenvalue weighted by atomic mass is 9.96. The quantitative estimate of drug-likeness (QED) is 0.880. The van der Waals surface area contributed by atoms with Crippen molar-refractivity contribution in [1.82, 2.24) is 5.32 Å². The Bertz CT molecular complexity index is 613. The van der Waals surface area contributed by atoms with Gasteiger partial charge in [0, 0.05) is 16.6 Å². The number of hydrogen-bond acceptors (Lipinski definition) is 1. The molecule has 4 heteroatoms. The number of rotatable bonds is 4. The second-order valence-electron chi connectivity index (χ2n) is 4.77. The molecule has 0 spiro atoms. The maximum Gasteiger partial charge on any atom is 0.133 e. The van der Waals surface area contributed by atoms with Gasteiger partial charge in [0.1, 0.15) is 11.6 Å². The van der Waals surface area contributed by atoms with Gasteiger partial charge in [0.05, 0.1) is 0 Å². The molecule has 0 fully saturated rings. The highest BCUT2D eigenvalue weighted by atomic mass is 35.5. The molecular formula is C16H16ClF2N. The van der Waals surface area contributed by atoms with Crippen molar-refractivity contribution in [2.24, 2.45) is 0 Å². The van der Waals surface area contributed by atoms with Crippen LogP contribution < -0.4 is 5.32 Å². The number of aryl methyl sites for hydroxylation is 1. The van der Waals surface area contributed by atoms with Crippen LogP contribution in [0.25, 0.3) is 0 Å². The molecule has 0 aliphatic rings. The summed E-state index contributed by atoms with van der Waals surface area (Å²) in [5, 5.41) is 3.59. The standard InChI is InChI=1S/C16H16ClF2N/c1-10-6-7-13(18)15(16(10)19)14(20-2)9-11-4-3-5-12(17)8-11/h3-8,14,20H,9H2,1-2H3. The van der Waals surface area contributed by atoms with E-state index in [-0.39, 0.29) is 5.56 Å². The molecule has 0 radical (unpaired) electrons. The largest absolute Gasteiger partial charge is 0.313 e. The van der Waals surface area contributed by atoms with Gasteiger partial charge in [0.15, 0.2) is 0 Å². The van der Waals surface area contributed by atoms with Gasteiger partial charge in [-0.05, 0) is 49.7 Å².